The van der Waals surface area contributed by atoms with E-state index in [4.69, 9.17) is 6.58 Å². The topological polar surface area (TPSA) is 0 Å². The third kappa shape index (κ3) is 21.2. The van der Waals surface area contributed by atoms with E-state index in [1.807, 2.05) is 12.2 Å². The molecule has 0 heteroatoms. The maximum Gasteiger partial charge on any atom is -0.0348 e. The van der Waals surface area contributed by atoms with Gasteiger partial charge in [0.05, 0.1) is 0 Å². The lowest BCUT2D eigenvalue weighted by Gasteiger charge is -2.03. The fraction of sp³-hybridized carbons (Fsp3) is 0.750. The molecule has 0 N–H and O–H groups in total. The number of allylic oxidation sites excluding steroid dienone is 5. The van der Waals surface area contributed by atoms with Crippen molar-refractivity contribution in [2.75, 3.05) is 0 Å². The van der Waals surface area contributed by atoms with Crippen LogP contribution in [-0.2, 0) is 0 Å². The van der Waals surface area contributed by atoms with Crippen LogP contribution < -0.4 is 0 Å². The quantitative estimate of drug-likeness (QED) is 0.164. The van der Waals surface area contributed by atoms with Gasteiger partial charge in [-0.05, 0) is 12.8 Å². The highest BCUT2D eigenvalue weighted by Crippen LogP contribution is 2.14. The minimum absolute atomic E-state index is 1.20. The standard InChI is InChI=1S/C24H43/c1-3-5-7-9-11-13-15-17-19-21-23-24-22-20-18-16-14-12-10-8-6-4-2/h1,3,5,7,9,11H,4,6,8,10,12-24H2,2H3. The Morgan fingerprint density at radius 3 is 1.33 bits per heavy atom. The maximum atomic E-state index is 5.26. The Balaban J connectivity index is 3.04. The highest BCUT2D eigenvalue weighted by molar-refractivity contribution is 5.07. The van der Waals surface area contributed by atoms with Crippen LogP contribution in [0.3, 0.4) is 0 Å². The van der Waals surface area contributed by atoms with Crippen molar-refractivity contribution >= 4 is 0 Å². The Hall–Kier alpha value is -0.780. The van der Waals surface area contributed by atoms with Gasteiger partial charge in [-0.2, -0.15) is 0 Å². The van der Waals surface area contributed by atoms with E-state index in [0.29, 0.717) is 0 Å². The Bertz CT molecular complexity index is 284. The molecule has 0 saturated heterocycles. The van der Waals surface area contributed by atoms with Crippen molar-refractivity contribution in [3.05, 3.63) is 37.0 Å². The van der Waals surface area contributed by atoms with Gasteiger partial charge in [0.15, 0.2) is 0 Å². The second-order valence-corrected chi connectivity index (χ2v) is 7.10. The molecule has 0 rings (SSSR count). The summed E-state index contributed by atoms with van der Waals surface area (Å²) in [4.78, 5) is 0. The number of rotatable bonds is 19. The monoisotopic (exact) mass is 331 g/mol. The molecule has 0 saturated carbocycles. The van der Waals surface area contributed by atoms with Gasteiger partial charge >= 0.3 is 0 Å². The average molecular weight is 332 g/mol. The lowest BCUT2D eigenvalue weighted by Crippen LogP contribution is -1.83. The molecule has 0 aliphatic heterocycles. The summed E-state index contributed by atoms with van der Waals surface area (Å²) < 4.78 is 0. The summed E-state index contributed by atoms with van der Waals surface area (Å²) in [5, 5.41) is 0. The number of unbranched alkanes of at least 4 members (excludes halogenated alkanes) is 16. The Kier molecular flexibility index (Phi) is 21.5. The molecule has 0 nitrogen and oxygen atoms in total. The zero-order valence-electron chi connectivity index (χ0n) is 16.5. The molecule has 0 aromatic carbocycles. The van der Waals surface area contributed by atoms with Crippen LogP contribution >= 0.6 is 0 Å². The molecular weight excluding hydrogens is 288 g/mol. The second kappa shape index (κ2) is 22.2. The molecule has 0 aliphatic rings. The lowest BCUT2D eigenvalue weighted by molar-refractivity contribution is 0.530. The molecule has 0 aromatic heterocycles. The van der Waals surface area contributed by atoms with Crippen molar-refractivity contribution in [2.45, 2.75) is 116 Å². The third-order valence-electron chi connectivity index (χ3n) is 4.69. The summed E-state index contributed by atoms with van der Waals surface area (Å²) in [5.41, 5.74) is 0. The van der Waals surface area contributed by atoms with Gasteiger partial charge in [-0.1, -0.05) is 140 Å². The van der Waals surface area contributed by atoms with E-state index < -0.39 is 0 Å². The van der Waals surface area contributed by atoms with Crippen LogP contribution in [-0.4, -0.2) is 0 Å². The van der Waals surface area contributed by atoms with Crippen LogP contribution in [0.2, 0.25) is 0 Å². The highest BCUT2D eigenvalue weighted by Gasteiger charge is 1.94. The van der Waals surface area contributed by atoms with Gasteiger partial charge in [-0.25, -0.2) is 0 Å². The van der Waals surface area contributed by atoms with Crippen molar-refractivity contribution in [2.24, 2.45) is 0 Å². The normalized spacial score (nSPS) is 11.7. The first-order valence-electron chi connectivity index (χ1n) is 10.8. The molecule has 0 heterocycles. The first kappa shape index (κ1) is 23.2. The molecule has 139 valence electrons. The molecular formula is C24H43. The van der Waals surface area contributed by atoms with Gasteiger partial charge in [-0.15, -0.1) is 0 Å². The highest BCUT2D eigenvalue weighted by atomic mass is 14.0. The molecule has 0 spiro atoms. The van der Waals surface area contributed by atoms with E-state index in [-0.39, 0.29) is 0 Å². The van der Waals surface area contributed by atoms with E-state index in [9.17, 15) is 0 Å². The molecule has 0 aromatic rings. The Labute approximate surface area is 153 Å². The van der Waals surface area contributed by atoms with Gasteiger partial charge in [0.2, 0.25) is 0 Å². The van der Waals surface area contributed by atoms with E-state index in [1.165, 1.54) is 109 Å². The van der Waals surface area contributed by atoms with Gasteiger partial charge in [0.1, 0.15) is 0 Å². The van der Waals surface area contributed by atoms with Crippen LogP contribution in [0, 0.1) is 6.58 Å². The molecule has 0 unspecified atom stereocenters. The summed E-state index contributed by atoms with van der Waals surface area (Å²) in [7, 11) is 0. The summed E-state index contributed by atoms with van der Waals surface area (Å²) in [5.74, 6) is 0. The largest absolute Gasteiger partial charge is 0.0845 e. The van der Waals surface area contributed by atoms with Gasteiger partial charge < -0.3 is 0 Å². The fourth-order valence-electron chi connectivity index (χ4n) is 3.11. The first-order chi connectivity index (χ1) is 11.9. The van der Waals surface area contributed by atoms with E-state index in [2.05, 4.69) is 19.1 Å². The average Bonchev–Trinajstić information content (AvgIpc) is 2.60. The minimum atomic E-state index is 1.20. The molecule has 24 heavy (non-hydrogen) atoms. The third-order valence-corrected chi connectivity index (χ3v) is 4.69. The van der Waals surface area contributed by atoms with E-state index in [1.54, 1.807) is 6.08 Å². The Morgan fingerprint density at radius 1 is 0.500 bits per heavy atom. The van der Waals surface area contributed by atoms with Crippen LogP contribution in [0.5, 0.6) is 0 Å². The smallest absolute Gasteiger partial charge is 0.0348 e. The lowest BCUT2D eigenvalue weighted by atomic mass is 10.0. The molecule has 0 bridgehead atoms. The summed E-state index contributed by atoms with van der Waals surface area (Å²) in [6.07, 6.45) is 33.9. The van der Waals surface area contributed by atoms with E-state index in [0.717, 1.165) is 0 Å². The molecule has 1 radical (unpaired) electrons. The predicted molar refractivity (Wildman–Crippen MR) is 111 cm³/mol. The first-order valence-corrected chi connectivity index (χ1v) is 10.8. The SMILES string of the molecule is [CH]=CC=CC=CCCCCCCCCCCCCCCCCCC. The molecule has 0 fully saturated rings. The molecule has 0 aliphatic carbocycles. The summed E-state index contributed by atoms with van der Waals surface area (Å²) in [6.45, 7) is 7.56. The summed E-state index contributed by atoms with van der Waals surface area (Å²) >= 11 is 0. The summed E-state index contributed by atoms with van der Waals surface area (Å²) in [6, 6.07) is 0. The molecule has 0 atom stereocenters. The van der Waals surface area contributed by atoms with Gasteiger partial charge in [0.25, 0.3) is 0 Å². The number of hydrogen-bond acceptors (Lipinski definition) is 0. The van der Waals surface area contributed by atoms with Crippen LogP contribution in [0.15, 0.2) is 30.4 Å². The maximum absolute atomic E-state index is 5.26. The number of hydrogen-bond donors (Lipinski definition) is 0. The van der Waals surface area contributed by atoms with Gasteiger partial charge in [0, 0.05) is 0 Å². The fourth-order valence-corrected chi connectivity index (χ4v) is 3.11. The Morgan fingerprint density at radius 2 is 0.917 bits per heavy atom. The van der Waals surface area contributed by atoms with Crippen molar-refractivity contribution in [1.82, 2.24) is 0 Å². The molecule has 0 amide bonds. The second-order valence-electron chi connectivity index (χ2n) is 7.10. The van der Waals surface area contributed by atoms with Crippen molar-refractivity contribution in [3.8, 4) is 0 Å². The van der Waals surface area contributed by atoms with E-state index >= 15 is 0 Å². The predicted octanol–water partition coefficient (Wildman–Crippen LogP) is 8.74. The van der Waals surface area contributed by atoms with Crippen LogP contribution in [0.4, 0.5) is 0 Å². The minimum Gasteiger partial charge on any atom is -0.0845 e. The zero-order chi connectivity index (χ0) is 17.6. The van der Waals surface area contributed by atoms with Crippen molar-refractivity contribution < 1.29 is 0 Å². The van der Waals surface area contributed by atoms with Crippen molar-refractivity contribution in [3.63, 3.8) is 0 Å². The zero-order valence-corrected chi connectivity index (χ0v) is 16.5. The van der Waals surface area contributed by atoms with Crippen LogP contribution in [0.1, 0.15) is 116 Å². The van der Waals surface area contributed by atoms with Crippen molar-refractivity contribution in [1.29, 1.82) is 0 Å². The van der Waals surface area contributed by atoms with Crippen LogP contribution in [0.25, 0.3) is 0 Å². The van der Waals surface area contributed by atoms with Gasteiger partial charge in [-0.3, -0.25) is 0 Å².